The molecule has 1 unspecified atom stereocenters. The quantitative estimate of drug-likeness (QED) is 0.681. The summed E-state index contributed by atoms with van der Waals surface area (Å²) in [4.78, 5) is 26.1. The number of oxazole rings is 1. The van der Waals surface area contributed by atoms with Crippen LogP contribution in [0.15, 0.2) is 22.6 Å². The predicted molar refractivity (Wildman–Crippen MR) is 63.0 cm³/mol. The third-order valence-corrected chi connectivity index (χ3v) is 2.31. The first-order valence-electron chi connectivity index (χ1n) is 5.14. The average Bonchev–Trinajstić information content (AvgIpc) is 2.67. The first kappa shape index (κ1) is 12.1. The minimum absolute atomic E-state index is 0.414. The zero-order valence-electron chi connectivity index (χ0n) is 9.51. The largest absolute Gasteiger partial charge is 0.480 e. The molecule has 0 aliphatic heterocycles. The number of aromatic nitrogens is 1. The van der Waals surface area contributed by atoms with Crippen molar-refractivity contribution in [1.82, 2.24) is 4.98 Å². The molecule has 0 bridgehead atoms. The third-order valence-electron chi connectivity index (χ3n) is 2.31. The fraction of sp³-hybridized carbons (Fsp3) is 0.182. The normalized spacial score (nSPS) is 12.3. The molecule has 0 saturated carbocycles. The summed E-state index contributed by atoms with van der Waals surface area (Å²) in [7, 11) is 0. The minimum Gasteiger partial charge on any atom is -0.480 e. The van der Waals surface area contributed by atoms with Crippen molar-refractivity contribution in [3.63, 3.8) is 0 Å². The molecule has 4 N–H and O–H groups in total. The SMILES string of the molecule is Cc1nc2cc(NC(=O)C(N)C(=O)O)ccc2o1. The van der Waals surface area contributed by atoms with Crippen LogP contribution in [-0.2, 0) is 9.59 Å². The number of rotatable bonds is 3. The van der Waals surface area contributed by atoms with E-state index < -0.39 is 17.9 Å². The molecule has 7 heteroatoms. The van der Waals surface area contributed by atoms with Gasteiger partial charge in [0.05, 0.1) is 0 Å². The van der Waals surface area contributed by atoms with Crippen molar-refractivity contribution in [3.8, 4) is 0 Å². The molecule has 1 heterocycles. The van der Waals surface area contributed by atoms with Gasteiger partial charge < -0.3 is 20.6 Å². The fourth-order valence-corrected chi connectivity index (χ4v) is 1.45. The number of amides is 1. The molecule has 1 aromatic carbocycles. The maximum absolute atomic E-state index is 11.4. The van der Waals surface area contributed by atoms with Crippen molar-refractivity contribution in [2.45, 2.75) is 13.0 Å². The molecule has 94 valence electrons. The molecule has 1 amide bonds. The van der Waals surface area contributed by atoms with E-state index in [1.807, 2.05) is 0 Å². The van der Waals surface area contributed by atoms with Crippen molar-refractivity contribution in [2.24, 2.45) is 5.73 Å². The van der Waals surface area contributed by atoms with Gasteiger partial charge in [-0.25, -0.2) is 9.78 Å². The minimum atomic E-state index is -1.60. The fourth-order valence-electron chi connectivity index (χ4n) is 1.45. The van der Waals surface area contributed by atoms with Crippen molar-refractivity contribution < 1.29 is 19.1 Å². The van der Waals surface area contributed by atoms with Gasteiger partial charge in [-0.3, -0.25) is 4.79 Å². The maximum atomic E-state index is 11.4. The van der Waals surface area contributed by atoms with E-state index >= 15 is 0 Å². The van der Waals surface area contributed by atoms with E-state index in [-0.39, 0.29) is 0 Å². The summed E-state index contributed by atoms with van der Waals surface area (Å²) in [5.41, 5.74) is 6.76. The number of aliphatic carboxylic acids is 1. The van der Waals surface area contributed by atoms with Crippen LogP contribution in [-0.4, -0.2) is 28.0 Å². The molecule has 0 aliphatic carbocycles. The number of benzene rings is 1. The zero-order chi connectivity index (χ0) is 13.3. The van der Waals surface area contributed by atoms with Crippen LogP contribution in [0.3, 0.4) is 0 Å². The van der Waals surface area contributed by atoms with Crippen LogP contribution in [0.5, 0.6) is 0 Å². The Hall–Kier alpha value is -2.41. The molecule has 0 fully saturated rings. The van der Waals surface area contributed by atoms with Crippen molar-refractivity contribution in [3.05, 3.63) is 24.1 Å². The standard InChI is InChI=1S/C11H11N3O4/c1-5-13-7-4-6(2-3-8(7)18-5)14-10(15)9(12)11(16)17/h2-4,9H,12H2,1H3,(H,14,15)(H,16,17). The monoisotopic (exact) mass is 249 g/mol. The number of fused-ring (bicyclic) bond motifs is 1. The lowest BCUT2D eigenvalue weighted by atomic mass is 10.2. The van der Waals surface area contributed by atoms with Crippen LogP contribution in [0.25, 0.3) is 11.1 Å². The molecule has 1 aromatic heterocycles. The van der Waals surface area contributed by atoms with Crippen LogP contribution < -0.4 is 11.1 Å². The highest BCUT2D eigenvalue weighted by atomic mass is 16.4. The number of nitrogens with one attached hydrogen (secondary N) is 1. The number of carboxylic acids is 1. The van der Waals surface area contributed by atoms with Crippen LogP contribution in [0.2, 0.25) is 0 Å². The second-order valence-electron chi connectivity index (χ2n) is 3.72. The zero-order valence-corrected chi connectivity index (χ0v) is 9.51. The number of nitrogens with zero attached hydrogens (tertiary/aromatic N) is 1. The van der Waals surface area contributed by atoms with Gasteiger partial charge in [0, 0.05) is 12.6 Å². The predicted octanol–water partition coefficient (Wildman–Crippen LogP) is 0.487. The highest BCUT2D eigenvalue weighted by Gasteiger charge is 2.21. The van der Waals surface area contributed by atoms with E-state index in [1.165, 1.54) is 0 Å². The Labute approximate surface area is 102 Å². The molecule has 0 saturated heterocycles. The molecule has 0 aliphatic rings. The highest BCUT2D eigenvalue weighted by molar-refractivity contribution is 6.07. The van der Waals surface area contributed by atoms with Crippen LogP contribution in [0, 0.1) is 6.92 Å². The number of aryl methyl sites for hydroxylation is 1. The van der Waals surface area contributed by atoms with Crippen molar-refractivity contribution in [1.29, 1.82) is 0 Å². The Morgan fingerprint density at radius 3 is 2.89 bits per heavy atom. The number of carbonyl (C=O) groups is 2. The summed E-state index contributed by atoms with van der Waals surface area (Å²) in [6, 6.07) is 3.20. The van der Waals surface area contributed by atoms with Gasteiger partial charge in [-0.15, -0.1) is 0 Å². The Morgan fingerprint density at radius 2 is 2.22 bits per heavy atom. The molecule has 1 atom stereocenters. The topological polar surface area (TPSA) is 118 Å². The third kappa shape index (κ3) is 2.30. The van der Waals surface area contributed by atoms with Gasteiger partial charge in [-0.2, -0.15) is 0 Å². The van der Waals surface area contributed by atoms with Gasteiger partial charge in [0.15, 0.2) is 17.5 Å². The highest BCUT2D eigenvalue weighted by Crippen LogP contribution is 2.19. The van der Waals surface area contributed by atoms with E-state index in [9.17, 15) is 9.59 Å². The van der Waals surface area contributed by atoms with E-state index in [1.54, 1.807) is 25.1 Å². The van der Waals surface area contributed by atoms with E-state index in [0.717, 1.165) is 0 Å². The molecular formula is C11H11N3O4. The molecule has 0 radical (unpaired) electrons. The Bertz CT molecular complexity index is 620. The van der Waals surface area contributed by atoms with Gasteiger partial charge >= 0.3 is 5.97 Å². The number of hydrogen-bond acceptors (Lipinski definition) is 5. The summed E-state index contributed by atoms with van der Waals surface area (Å²) in [6.45, 7) is 1.71. The Morgan fingerprint density at radius 1 is 1.50 bits per heavy atom. The second-order valence-corrected chi connectivity index (χ2v) is 3.72. The maximum Gasteiger partial charge on any atom is 0.330 e. The van der Waals surface area contributed by atoms with Gasteiger partial charge in [0.2, 0.25) is 0 Å². The Balaban J connectivity index is 2.21. The van der Waals surface area contributed by atoms with E-state index in [4.69, 9.17) is 15.3 Å². The lowest BCUT2D eigenvalue weighted by Crippen LogP contribution is -2.42. The van der Waals surface area contributed by atoms with Gasteiger partial charge in [-0.1, -0.05) is 0 Å². The average molecular weight is 249 g/mol. The van der Waals surface area contributed by atoms with Crippen LogP contribution in [0.1, 0.15) is 5.89 Å². The molecule has 0 spiro atoms. The lowest BCUT2D eigenvalue weighted by Gasteiger charge is -2.07. The number of carbonyl (C=O) groups excluding carboxylic acids is 1. The molecular weight excluding hydrogens is 238 g/mol. The lowest BCUT2D eigenvalue weighted by molar-refractivity contribution is -0.141. The summed E-state index contributed by atoms with van der Waals surface area (Å²) in [5.74, 6) is -1.66. The summed E-state index contributed by atoms with van der Waals surface area (Å²) < 4.78 is 5.27. The van der Waals surface area contributed by atoms with Gasteiger partial charge in [0.25, 0.3) is 5.91 Å². The van der Waals surface area contributed by atoms with Crippen LogP contribution in [0.4, 0.5) is 5.69 Å². The smallest absolute Gasteiger partial charge is 0.330 e. The molecule has 18 heavy (non-hydrogen) atoms. The van der Waals surface area contributed by atoms with E-state index in [0.29, 0.717) is 22.7 Å². The summed E-state index contributed by atoms with van der Waals surface area (Å²) >= 11 is 0. The Kier molecular flexibility index (Phi) is 2.99. The molecule has 2 aromatic rings. The first-order valence-corrected chi connectivity index (χ1v) is 5.14. The number of nitrogens with two attached hydrogens (primary N) is 1. The summed E-state index contributed by atoms with van der Waals surface area (Å²) in [6.07, 6.45) is 0. The van der Waals surface area contributed by atoms with E-state index in [2.05, 4.69) is 10.3 Å². The number of anilines is 1. The van der Waals surface area contributed by atoms with Gasteiger partial charge in [0.1, 0.15) is 5.52 Å². The number of carboxylic acid groups (broad SMARTS) is 1. The number of hydrogen-bond donors (Lipinski definition) is 3. The molecule has 2 rings (SSSR count). The van der Waals surface area contributed by atoms with Crippen molar-refractivity contribution >= 4 is 28.7 Å². The van der Waals surface area contributed by atoms with Gasteiger partial charge in [-0.05, 0) is 18.2 Å². The van der Waals surface area contributed by atoms with Crippen molar-refractivity contribution in [2.75, 3.05) is 5.32 Å². The first-order chi connectivity index (χ1) is 8.47. The van der Waals surface area contributed by atoms with Crippen LogP contribution >= 0.6 is 0 Å². The summed E-state index contributed by atoms with van der Waals surface area (Å²) in [5, 5.41) is 11.0. The molecule has 7 nitrogen and oxygen atoms in total. The second kappa shape index (κ2) is 4.46.